The van der Waals surface area contributed by atoms with Gasteiger partial charge in [-0.15, -0.1) is 0 Å². The van der Waals surface area contributed by atoms with Crippen molar-refractivity contribution in [3.05, 3.63) is 60.2 Å². The van der Waals surface area contributed by atoms with E-state index in [1.807, 2.05) is 11.0 Å². The lowest BCUT2D eigenvalue weighted by atomic mass is 10.1. The molecule has 3 rings (SSSR count). The van der Waals surface area contributed by atoms with E-state index in [4.69, 9.17) is 4.74 Å². The van der Waals surface area contributed by atoms with Gasteiger partial charge >= 0.3 is 0 Å². The Bertz CT molecular complexity index is 641. The molecule has 1 fully saturated rings. The van der Waals surface area contributed by atoms with Crippen molar-refractivity contribution in [2.24, 2.45) is 0 Å². The Morgan fingerprint density at radius 2 is 1.76 bits per heavy atom. The van der Waals surface area contributed by atoms with Crippen LogP contribution in [0.2, 0.25) is 0 Å². The number of benzene rings is 1. The molecule has 0 unspecified atom stereocenters. The van der Waals surface area contributed by atoms with Gasteiger partial charge in [-0.1, -0.05) is 30.3 Å². The van der Waals surface area contributed by atoms with Crippen molar-refractivity contribution in [3.63, 3.8) is 0 Å². The van der Waals surface area contributed by atoms with E-state index in [9.17, 15) is 4.79 Å². The SMILES string of the molecule is O=C(CCc1ncccn1)N1CCC(OCCc2ccccc2)CC1. The van der Waals surface area contributed by atoms with Gasteiger partial charge in [0.1, 0.15) is 5.82 Å². The number of rotatable bonds is 7. The number of hydrogen-bond acceptors (Lipinski definition) is 4. The number of aromatic nitrogens is 2. The van der Waals surface area contributed by atoms with E-state index in [1.165, 1.54) is 5.56 Å². The predicted molar refractivity (Wildman–Crippen MR) is 96.1 cm³/mol. The molecule has 5 nitrogen and oxygen atoms in total. The highest BCUT2D eigenvalue weighted by Crippen LogP contribution is 2.15. The molecule has 0 saturated carbocycles. The highest BCUT2D eigenvalue weighted by molar-refractivity contribution is 5.76. The van der Waals surface area contributed by atoms with Gasteiger partial charge in [-0.3, -0.25) is 4.79 Å². The van der Waals surface area contributed by atoms with Crippen LogP contribution in [0.5, 0.6) is 0 Å². The largest absolute Gasteiger partial charge is 0.378 e. The lowest BCUT2D eigenvalue weighted by Crippen LogP contribution is -2.41. The number of amides is 1. The molecule has 1 aromatic carbocycles. The summed E-state index contributed by atoms with van der Waals surface area (Å²) in [6.45, 7) is 2.31. The molecule has 1 aliphatic heterocycles. The van der Waals surface area contributed by atoms with Crippen LogP contribution in [0, 0.1) is 0 Å². The van der Waals surface area contributed by atoms with E-state index in [1.54, 1.807) is 18.5 Å². The van der Waals surface area contributed by atoms with Gasteiger partial charge in [0.15, 0.2) is 0 Å². The summed E-state index contributed by atoms with van der Waals surface area (Å²) in [7, 11) is 0. The molecule has 2 aromatic rings. The summed E-state index contributed by atoms with van der Waals surface area (Å²) in [5.74, 6) is 0.921. The third kappa shape index (κ3) is 5.64. The number of likely N-dealkylation sites (tertiary alicyclic amines) is 1. The van der Waals surface area contributed by atoms with Crippen LogP contribution in [0.3, 0.4) is 0 Å². The topological polar surface area (TPSA) is 55.3 Å². The second-order valence-electron chi connectivity index (χ2n) is 6.35. The summed E-state index contributed by atoms with van der Waals surface area (Å²) in [4.78, 5) is 22.6. The molecule has 2 heterocycles. The van der Waals surface area contributed by atoms with Gasteiger partial charge in [-0.2, -0.15) is 0 Å². The first-order chi connectivity index (χ1) is 12.3. The van der Waals surface area contributed by atoms with Crippen LogP contribution in [0.15, 0.2) is 48.8 Å². The smallest absolute Gasteiger partial charge is 0.223 e. The second-order valence-corrected chi connectivity index (χ2v) is 6.35. The minimum absolute atomic E-state index is 0.190. The number of aryl methyl sites for hydroxylation is 1. The quantitative estimate of drug-likeness (QED) is 0.778. The number of nitrogens with zero attached hydrogens (tertiary/aromatic N) is 3. The van der Waals surface area contributed by atoms with Crippen molar-refractivity contribution in [2.45, 2.75) is 38.2 Å². The summed E-state index contributed by atoms with van der Waals surface area (Å²) in [5, 5.41) is 0. The Balaban J connectivity index is 1.33. The van der Waals surface area contributed by atoms with Crippen LogP contribution in [0.4, 0.5) is 0 Å². The zero-order valence-corrected chi connectivity index (χ0v) is 14.5. The van der Waals surface area contributed by atoms with Crippen LogP contribution >= 0.6 is 0 Å². The summed E-state index contributed by atoms with van der Waals surface area (Å²) in [5.41, 5.74) is 1.30. The molecule has 0 N–H and O–H groups in total. The van der Waals surface area contributed by atoms with Crippen LogP contribution < -0.4 is 0 Å². The maximum absolute atomic E-state index is 12.3. The average molecular weight is 339 g/mol. The number of piperidine rings is 1. The van der Waals surface area contributed by atoms with Gasteiger partial charge in [0.2, 0.25) is 5.91 Å². The fraction of sp³-hybridized carbons (Fsp3) is 0.450. The van der Waals surface area contributed by atoms with Crippen LogP contribution in [-0.2, 0) is 22.4 Å². The molecular weight excluding hydrogens is 314 g/mol. The minimum Gasteiger partial charge on any atom is -0.378 e. The Kier molecular flexibility index (Phi) is 6.51. The number of ether oxygens (including phenoxy) is 1. The highest BCUT2D eigenvalue weighted by atomic mass is 16.5. The summed E-state index contributed by atoms with van der Waals surface area (Å²) >= 11 is 0. The first-order valence-corrected chi connectivity index (χ1v) is 9.00. The fourth-order valence-corrected chi connectivity index (χ4v) is 3.10. The van der Waals surface area contributed by atoms with Gasteiger partial charge < -0.3 is 9.64 Å². The molecule has 1 aromatic heterocycles. The molecule has 0 spiro atoms. The zero-order chi connectivity index (χ0) is 17.3. The summed E-state index contributed by atoms with van der Waals surface area (Å²) in [6, 6.07) is 12.2. The maximum Gasteiger partial charge on any atom is 0.223 e. The predicted octanol–water partition coefficient (Wildman–Crippen LogP) is 2.66. The van der Waals surface area contributed by atoms with E-state index < -0.39 is 0 Å². The molecule has 0 aliphatic carbocycles. The van der Waals surface area contributed by atoms with E-state index in [2.05, 4.69) is 34.2 Å². The summed E-state index contributed by atoms with van der Waals surface area (Å²) < 4.78 is 5.99. The van der Waals surface area contributed by atoms with Gasteiger partial charge in [0.05, 0.1) is 12.7 Å². The Hall–Kier alpha value is -2.27. The standard InChI is InChI=1S/C20H25N3O2/c24-20(8-7-19-21-12-4-13-22-19)23-14-9-18(10-15-23)25-16-11-17-5-2-1-3-6-17/h1-6,12-13,18H,7-11,14-16H2. The van der Waals surface area contributed by atoms with Crippen molar-refractivity contribution in [1.29, 1.82) is 0 Å². The maximum atomic E-state index is 12.3. The first-order valence-electron chi connectivity index (χ1n) is 9.00. The monoisotopic (exact) mass is 339 g/mol. The Morgan fingerprint density at radius 3 is 2.48 bits per heavy atom. The van der Waals surface area contributed by atoms with Crippen molar-refractivity contribution < 1.29 is 9.53 Å². The van der Waals surface area contributed by atoms with E-state index in [0.717, 1.165) is 44.8 Å². The van der Waals surface area contributed by atoms with Crippen LogP contribution in [-0.4, -0.2) is 46.6 Å². The van der Waals surface area contributed by atoms with Gasteiger partial charge in [0.25, 0.3) is 0 Å². The number of carbonyl (C=O) groups is 1. The van der Waals surface area contributed by atoms with E-state index >= 15 is 0 Å². The number of hydrogen-bond donors (Lipinski definition) is 0. The minimum atomic E-state index is 0.190. The second kappa shape index (κ2) is 9.28. The number of carbonyl (C=O) groups excluding carboxylic acids is 1. The van der Waals surface area contributed by atoms with E-state index in [0.29, 0.717) is 12.8 Å². The molecular formula is C20H25N3O2. The summed E-state index contributed by atoms with van der Waals surface area (Å²) in [6.07, 6.45) is 7.56. The molecule has 0 atom stereocenters. The molecule has 25 heavy (non-hydrogen) atoms. The van der Waals surface area contributed by atoms with Crippen LogP contribution in [0.1, 0.15) is 30.7 Å². The van der Waals surface area contributed by atoms with Crippen molar-refractivity contribution in [2.75, 3.05) is 19.7 Å². The van der Waals surface area contributed by atoms with E-state index in [-0.39, 0.29) is 12.0 Å². The molecule has 1 aliphatic rings. The molecule has 0 bridgehead atoms. The highest BCUT2D eigenvalue weighted by Gasteiger charge is 2.23. The van der Waals surface area contributed by atoms with Gasteiger partial charge in [-0.05, 0) is 30.9 Å². The average Bonchev–Trinajstić information content (AvgIpc) is 2.68. The molecule has 1 amide bonds. The van der Waals surface area contributed by atoms with Gasteiger partial charge in [0, 0.05) is 38.3 Å². The zero-order valence-electron chi connectivity index (χ0n) is 14.5. The van der Waals surface area contributed by atoms with Crippen molar-refractivity contribution in [1.82, 2.24) is 14.9 Å². The molecule has 0 radical (unpaired) electrons. The Morgan fingerprint density at radius 1 is 1.04 bits per heavy atom. The normalized spacial score (nSPS) is 15.3. The van der Waals surface area contributed by atoms with Gasteiger partial charge in [-0.25, -0.2) is 9.97 Å². The fourth-order valence-electron chi connectivity index (χ4n) is 3.10. The third-order valence-electron chi connectivity index (χ3n) is 4.56. The molecule has 1 saturated heterocycles. The van der Waals surface area contributed by atoms with Crippen molar-refractivity contribution in [3.8, 4) is 0 Å². The lowest BCUT2D eigenvalue weighted by molar-refractivity contribution is -0.133. The van der Waals surface area contributed by atoms with Crippen LogP contribution in [0.25, 0.3) is 0 Å². The van der Waals surface area contributed by atoms with Crippen molar-refractivity contribution >= 4 is 5.91 Å². The Labute approximate surface area is 149 Å². The molecule has 5 heteroatoms. The molecule has 132 valence electrons. The first kappa shape index (κ1) is 17.5. The lowest BCUT2D eigenvalue weighted by Gasteiger charge is -2.32. The third-order valence-corrected chi connectivity index (χ3v) is 4.56.